The second-order valence-electron chi connectivity index (χ2n) is 8.43. The summed E-state index contributed by atoms with van der Waals surface area (Å²) in [5, 5.41) is 0. The van der Waals surface area contributed by atoms with Crippen LogP contribution in [-0.4, -0.2) is 53.9 Å². The monoisotopic (exact) mass is 424 g/mol. The number of piperazine rings is 1. The first-order chi connectivity index (χ1) is 14.7. The number of halogens is 1. The molecule has 0 unspecified atom stereocenters. The van der Waals surface area contributed by atoms with Crippen molar-refractivity contribution in [3.8, 4) is 5.75 Å². The normalized spacial score (nSPS) is 15.9. The van der Waals surface area contributed by atoms with Crippen molar-refractivity contribution in [1.29, 1.82) is 0 Å². The lowest BCUT2D eigenvalue weighted by atomic mass is 9.95. The molecule has 6 heteroatoms. The number of hydrogen-bond donors (Lipinski definition) is 0. The SMILES string of the molecule is C/C=C/c1cc(C)ccc1C(=O)N1CCN(C(=O)c2ccc(OC)cc2F)CC1(C)C. The van der Waals surface area contributed by atoms with Crippen LogP contribution in [-0.2, 0) is 0 Å². The van der Waals surface area contributed by atoms with Gasteiger partial charge < -0.3 is 14.5 Å². The highest BCUT2D eigenvalue weighted by Gasteiger charge is 2.39. The Kier molecular flexibility index (Phi) is 6.48. The van der Waals surface area contributed by atoms with Gasteiger partial charge in [0.05, 0.1) is 18.2 Å². The van der Waals surface area contributed by atoms with E-state index in [0.717, 1.165) is 11.1 Å². The van der Waals surface area contributed by atoms with Crippen molar-refractivity contribution in [1.82, 2.24) is 9.80 Å². The largest absolute Gasteiger partial charge is 0.497 e. The molecule has 164 valence electrons. The molecule has 0 saturated carbocycles. The zero-order valence-electron chi connectivity index (χ0n) is 18.7. The zero-order chi connectivity index (χ0) is 22.8. The minimum absolute atomic E-state index is 0.00489. The van der Waals surface area contributed by atoms with E-state index in [1.807, 2.05) is 58.0 Å². The van der Waals surface area contributed by atoms with Crippen LogP contribution in [0.25, 0.3) is 6.08 Å². The third-order valence-corrected chi connectivity index (χ3v) is 5.62. The van der Waals surface area contributed by atoms with E-state index in [-0.39, 0.29) is 17.4 Å². The molecular formula is C25H29FN2O3. The van der Waals surface area contributed by atoms with Crippen LogP contribution in [0.2, 0.25) is 0 Å². The number of carbonyl (C=O) groups excluding carboxylic acids is 2. The summed E-state index contributed by atoms with van der Waals surface area (Å²) in [4.78, 5) is 29.8. The molecule has 2 amide bonds. The number of allylic oxidation sites excluding steroid dienone is 1. The maximum absolute atomic E-state index is 14.4. The standard InChI is InChI=1S/C25H29FN2O3/c1-6-7-18-14-17(2)8-10-20(18)24(30)28-13-12-27(16-25(28,3)4)23(29)21-11-9-19(31-5)15-22(21)26/h6-11,14-15H,12-13,16H2,1-5H3/b7-6+. The van der Waals surface area contributed by atoms with Gasteiger partial charge in [0.15, 0.2) is 0 Å². The molecule has 0 bridgehead atoms. The van der Waals surface area contributed by atoms with Gasteiger partial charge in [-0.15, -0.1) is 0 Å². The molecule has 1 aliphatic rings. The molecule has 2 aromatic rings. The summed E-state index contributed by atoms with van der Waals surface area (Å²) in [5.74, 6) is -0.706. The Labute approximate surface area is 183 Å². The number of rotatable bonds is 4. The lowest BCUT2D eigenvalue weighted by Crippen LogP contribution is -2.62. The molecule has 2 aromatic carbocycles. The van der Waals surface area contributed by atoms with E-state index in [1.54, 1.807) is 15.9 Å². The van der Waals surface area contributed by atoms with Gasteiger partial charge in [0, 0.05) is 31.3 Å². The van der Waals surface area contributed by atoms with E-state index in [0.29, 0.717) is 30.9 Å². The molecule has 31 heavy (non-hydrogen) atoms. The smallest absolute Gasteiger partial charge is 0.256 e. The predicted molar refractivity (Wildman–Crippen MR) is 120 cm³/mol. The number of aryl methyl sites for hydroxylation is 1. The number of hydrogen-bond acceptors (Lipinski definition) is 3. The van der Waals surface area contributed by atoms with E-state index in [9.17, 15) is 14.0 Å². The molecule has 1 saturated heterocycles. The van der Waals surface area contributed by atoms with Crippen LogP contribution in [0.5, 0.6) is 5.75 Å². The Bertz CT molecular complexity index is 1030. The zero-order valence-corrected chi connectivity index (χ0v) is 18.7. The van der Waals surface area contributed by atoms with Crippen LogP contribution in [0.15, 0.2) is 42.5 Å². The minimum atomic E-state index is -0.615. The van der Waals surface area contributed by atoms with Gasteiger partial charge in [0.1, 0.15) is 11.6 Å². The number of carbonyl (C=O) groups is 2. The molecule has 1 heterocycles. The number of ether oxygens (including phenoxy) is 1. The molecule has 0 aliphatic carbocycles. The molecular weight excluding hydrogens is 395 g/mol. The molecule has 0 atom stereocenters. The summed E-state index contributed by atoms with van der Waals surface area (Å²) in [6.45, 7) is 8.80. The van der Waals surface area contributed by atoms with E-state index >= 15 is 0 Å². The summed E-state index contributed by atoms with van der Waals surface area (Å²) in [7, 11) is 1.45. The molecule has 5 nitrogen and oxygen atoms in total. The molecule has 1 fully saturated rings. The lowest BCUT2D eigenvalue weighted by molar-refractivity contribution is 0.0166. The van der Waals surface area contributed by atoms with Crippen molar-refractivity contribution in [3.05, 3.63) is 70.5 Å². The topological polar surface area (TPSA) is 49.9 Å². The molecule has 0 N–H and O–H groups in total. The Balaban J connectivity index is 1.82. The van der Waals surface area contributed by atoms with Gasteiger partial charge in [0.2, 0.25) is 0 Å². The van der Waals surface area contributed by atoms with E-state index in [1.165, 1.54) is 19.2 Å². The molecule has 1 aliphatic heterocycles. The lowest BCUT2D eigenvalue weighted by Gasteiger charge is -2.47. The van der Waals surface area contributed by atoms with Gasteiger partial charge >= 0.3 is 0 Å². The van der Waals surface area contributed by atoms with Crippen LogP contribution < -0.4 is 4.74 Å². The highest BCUT2D eigenvalue weighted by molar-refractivity contribution is 5.99. The van der Waals surface area contributed by atoms with Gasteiger partial charge in [-0.2, -0.15) is 0 Å². The Morgan fingerprint density at radius 3 is 2.39 bits per heavy atom. The summed E-state index contributed by atoms with van der Waals surface area (Å²) in [5.41, 5.74) is 2.00. The van der Waals surface area contributed by atoms with Crippen molar-refractivity contribution in [2.75, 3.05) is 26.7 Å². The Morgan fingerprint density at radius 2 is 1.77 bits per heavy atom. The fourth-order valence-electron chi connectivity index (χ4n) is 4.01. The molecule has 0 spiro atoms. The molecule has 0 radical (unpaired) electrons. The average Bonchev–Trinajstić information content (AvgIpc) is 2.72. The number of methoxy groups -OCH3 is 1. The van der Waals surface area contributed by atoms with Crippen molar-refractivity contribution < 1.29 is 18.7 Å². The quantitative estimate of drug-likeness (QED) is 0.723. The van der Waals surface area contributed by atoms with Crippen molar-refractivity contribution in [2.24, 2.45) is 0 Å². The fourth-order valence-corrected chi connectivity index (χ4v) is 4.01. The summed E-state index contributed by atoms with van der Waals surface area (Å²) in [6, 6.07) is 10.00. The van der Waals surface area contributed by atoms with Crippen LogP contribution in [0.1, 0.15) is 52.6 Å². The maximum Gasteiger partial charge on any atom is 0.256 e. The van der Waals surface area contributed by atoms with E-state index < -0.39 is 11.4 Å². The summed E-state index contributed by atoms with van der Waals surface area (Å²) >= 11 is 0. The first-order valence-corrected chi connectivity index (χ1v) is 10.4. The first-order valence-electron chi connectivity index (χ1n) is 10.4. The number of benzene rings is 2. The van der Waals surface area contributed by atoms with Crippen molar-refractivity contribution in [2.45, 2.75) is 33.2 Å². The van der Waals surface area contributed by atoms with Crippen molar-refractivity contribution in [3.63, 3.8) is 0 Å². The second kappa shape index (κ2) is 8.92. The Hall–Kier alpha value is -3.15. The second-order valence-corrected chi connectivity index (χ2v) is 8.43. The Morgan fingerprint density at radius 1 is 1.06 bits per heavy atom. The highest BCUT2D eigenvalue weighted by atomic mass is 19.1. The third kappa shape index (κ3) is 4.63. The predicted octanol–water partition coefficient (Wildman–Crippen LogP) is 4.55. The van der Waals surface area contributed by atoms with Crippen LogP contribution in [0.4, 0.5) is 4.39 Å². The van der Waals surface area contributed by atoms with E-state index in [2.05, 4.69) is 0 Å². The highest BCUT2D eigenvalue weighted by Crippen LogP contribution is 2.27. The third-order valence-electron chi connectivity index (χ3n) is 5.62. The van der Waals surface area contributed by atoms with Crippen LogP contribution in [0, 0.1) is 12.7 Å². The fraction of sp³-hybridized carbons (Fsp3) is 0.360. The number of nitrogens with zero attached hydrogens (tertiary/aromatic N) is 2. The minimum Gasteiger partial charge on any atom is -0.497 e. The maximum atomic E-state index is 14.4. The molecule has 0 aromatic heterocycles. The first kappa shape index (κ1) is 22.5. The van der Waals surface area contributed by atoms with Crippen LogP contribution >= 0.6 is 0 Å². The summed E-state index contributed by atoms with van der Waals surface area (Å²) in [6.07, 6.45) is 3.84. The van der Waals surface area contributed by atoms with Gasteiger partial charge in [0.25, 0.3) is 11.8 Å². The average molecular weight is 425 g/mol. The van der Waals surface area contributed by atoms with Gasteiger partial charge in [-0.1, -0.05) is 29.8 Å². The summed E-state index contributed by atoms with van der Waals surface area (Å²) < 4.78 is 19.4. The van der Waals surface area contributed by atoms with Gasteiger partial charge in [-0.05, 0) is 51.5 Å². The number of amides is 2. The van der Waals surface area contributed by atoms with Crippen molar-refractivity contribution >= 4 is 17.9 Å². The molecule has 3 rings (SSSR count). The van der Waals surface area contributed by atoms with Gasteiger partial charge in [-0.25, -0.2) is 4.39 Å². The van der Waals surface area contributed by atoms with Crippen LogP contribution in [0.3, 0.4) is 0 Å². The van der Waals surface area contributed by atoms with E-state index in [4.69, 9.17) is 4.74 Å². The van der Waals surface area contributed by atoms with Gasteiger partial charge in [-0.3, -0.25) is 9.59 Å².